The van der Waals surface area contributed by atoms with E-state index >= 15 is 0 Å². The van der Waals surface area contributed by atoms with Crippen LogP contribution in [-0.4, -0.2) is 31.1 Å². The minimum absolute atomic E-state index is 0.132. The highest BCUT2D eigenvalue weighted by molar-refractivity contribution is 6.33. The van der Waals surface area contributed by atoms with Gasteiger partial charge in [-0.05, 0) is 46.8 Å². The van der Waals surface area contributed by atoms with Crippen LogP contribution in [0.15, 0.2) is 65.5 Å². The van der Waals surface area contributed by atoms with E-state index in [9.17, 15) is 4.79 Å². The number of rotatable bonds is 6. The van der Waals surface area contributed by atoms with Crippen molar-refractivity contribution < 1.29 is 9.21 Å². The molecule has 1 N–H and O–H groups in total. The van der Waals surface area contributed by atoms with Gasteiger partial charge < -0.3 is 9.73 Å². The molecule has 0 radical (unpaired) electrons. The van der Waals surface area contributed by atoms with Crippen LogP contribution in [0, 0.1) is 0 Å². The standard InChI is InChI=1S/C19H15ClN6O2/c20-16-4-2-1-3-15(16)17-11-21-19(28-17)10-9-18(27)23-13-5-7-14(8-6-13)26-12-22-24-25-26/h1-8,11-12H,9-10H2,(H,23,27). The topological polar surface area (TPSA) is 98.7 Å². The van der Waals surface area contributed by atoms with Crippen molar-refractivity contribution >= 4 is 23.2 Å². The zero-order chi connectivity index (χ0) is 19.3. The largest absolute Gasteiger partial charge is 0.441 e. The predicted octanol–water partition coefficient (Wildman–Crippen LogP) is 3.54. The fraction of sp³-hybridized carbons (Fsp3) is 0.105. The lowest BCUT2D eigenvalue weighted by Crippen LogP contribution is -2.12. The van der Waals surface area contributed by atoms with Crippen LogP contribution in [0.25, 0.3) is 17.0 Å². The highest BCUT2D eigenvalue weighted by Crippen LogP contribution is 2.28. The minimum Gasteiger partial charge on any atom is -0.441 e. The number of aryl methyl sites for hydroxylation is 1. The SMILES string of the molecule is O=C(CCc1ncc(-c2ccccc2Cl)o1)Nc1ccc(-n2cnnn2)cc1. The molecule has 0 unspecified atom stereocenters. The van der Waals surface area contributed by atoms with Gasteiger partial charge in [-0.2, -0.15) is 0 Å². The summed E-state index contributed by atoms with van der Waals surface area (Å²) < 4.78 is 7.24. The lowest BCUT2D eigenvalue weighted by atomic mass is 10.2. The number of oxazole rings is 1. The van der Waals surface area contributed by atoms with Crippen LogP contribution in [0.4, 0.5) is 5.69 Å². The first-order valence-corrected chi connectivity index (χ1v) is 8.90. The molecule has 0 aliphatic rings. The van der Waals surface area contributed by atoms with E-state index in [1.54, 1.807) is 24.4 Å². The highest BCUT2D eigenvalue weighted by atomic mass is 35.5. The van der Waals surface area contributed by atoms with E-state index in [0.29, 0.717) is 28.8 Å². The number of aromatic nitrogens is 5. The van der Waals surface area contributed by atoms with Crippen LogP contribution in [0.2, 0.25) is 5.02 Å². The number of carbonyl (C=O) groups is 1. The van der Waals surface area contributed by atoms with Crippen molar-refractivity contribution in [2.45, 2.75) is 12.8 Å². The second kappa shape index (κ2) is 8.01. The second-order valence-corrected chi connectivity index (χ2v) is 6.35. The molecule has 4 aromatic rings. The van der Waals surface area contributed by atoms with Crippen molar-refractivity contribution in [3.05, 3.63) is 72.0 Å². The van der Waals surface area contributed by atoms with Crippen LogP contribution < -0.4 is 5.32 Å². The average Bonchev–Trinajstić information content (AvgIpc) is 3.40. The molecule has 2 aromatic heterocycles. The maximum atomic E-state index is 12.2. The summed E-state index contributed by atoms with van der Waals surface area (Å²) in [6.07, 6.45) is 3.75. The molecule has 1 amide bonds. The Morgan fingerprint density at radius 2 is 1.96 bits per heavy atom. The van der Waals surface area contributed by atoms with Crippen LogP contribution >= 0.6 is 11.6 Å². The molecule has 140 valence electrons. The Kier molecular flexibility index (Phi) is 5.11. The predicted molar refractivity (Wildman–Crippen MR) is 103 cm³/mol. The number of hydrogen-bond donors (Lipinski definition) is 1. The lowest BCUT2D eigenvalue weighted by Gasteiger charge is -2.05. The third kappa shape index (κ3) is 4.07. The van der Waals surface area contributed by atoms with Crippen molar-refractivity contribution in [1.82, 2.24) is 25.2 Å². The Morgan fingerprint density at radius 1 is 1.14 bits per heavy atom. The molecule has 0 saturated carbocycles. The van der Waals surface area contributed by atoms with E-state index in [1.807, 2.05) is 30.3 Å². The molecule has 0 saturated heterocycles. The lowest BCUT2D eigenvalue weighted by molar-refractivity contribution is -0.116. The van der Waals surface area contributed by atoms with E-state index in [2.05, 4.69) is 25.8 Å². The summed E-state index contributed by atoms with van der Waals surface area (Å²) in [6.45, 7) is 0. The molecule has 2 heterocycles. The summed E-state index contributed by atoms with van der Waals surface area (Å²) in [6, 6.07) is 14.6. The Bertz CT molecular complexity index is 1080. The first-order chi connectivity index (χ1) is 13.7. The maximum Gasteiger partial charge on any atom is 0.224 e. The van der Waals surface area contributed by atoms with Gasteiger partial charge >= 0.3 is 0 Å². The Labute approximate surface area is 165 Å². The van der Waals surface area contributed by atoms with Gasteiger partial charge in [-0.15, -0.1) is 5.10 Å². The zero-order valence-electron chi connectivity index (χ0n) is 14.6. The summed E-state index contributed by atoms with van der Waals surface area (Å²) in [5, 5.41) is 14.4. The fourth-order valence-corrected chi connectivity index (χ4v) is 2.86. The average molecular weight is 395 g/mol. The van der Waals surface area contributed by atoms with Crippen LogP contribution in [0.3, 0.4) is 0 Å². The van der Waals surface area contributed by atoms with Crippen molar-refractivity contribution in [3.8, 4) is 17.0 Å². The van der Waals surface area contributed by atoms with Gasteiger partial charge in [-0.1, -0.05) is 23.7 Å². The van der Waals surface area contributed by atoms with Gasteiger partial charge in [0.2, 0.25) is 5.91 Å². The number of tetrazole rings is 1. The van der Waals surface area contributed by atoms with Crippen LogP contribution in [-0.2, 0) is 11.2 Å². The molecular weight excluding hydrogens is 380 g/mol. The fourth-order valence-electron chi connectivity index (χ4n) is 2.63. The van der Waals surface area contributed by atoms with E-state index in [4.69, 9.17) is 16.0 Å². The molecule has 0 atom stereocenters. The molecule has 2 aromatic carbocycles. The first kappa shape index (κ1) is 17.9. The van der Waals surface area contributed by atoms with Crippen LogP contribution in [0.5, 0.6) is 0 Å². The molecular formula is C19H15ClN6O2. The molecule has 4 rings (SSSR count). The molecule has 0 fully saturated rings. The summed E-state index contributed by atoms with van der Waals surface area (Å²) >= 11 is 6.17. The smallest absolute Gasteiger partial charge is 0.224 e. The number of anilines is 1. The first-order valence-electron chi connectivity index (χ1n) is 8.52. The van der Waals surface area contributed by atoms with Crippen molar-refractivity contribution in [3.63, 3.8) is 0 Å². The Balaban J connectivity index is 1.33. The molecule has 9 heteroatoms. The Hall–Kier alpha value is -3.52. The maximum absolute atomic E-state index is 12.2. The Morgan fingerprint density at radius 3 is 2.71 bits per heavy atom. The van der Waals surface area contributed by atoms with Crippen molar-refractivity contribution in [1.29, 1.82) is 0 Å². The molecule has 8 nitrogen and oxygen atoms in total. The third-order valence-electron chi connectivity index (χ3n) is 4.02. The molecule has 28 heavy (non-hydrogen) atoms. The highest BCUT2D eigenvalue weighted by Gasteiger charge is 2.11. The van der Waals surface area contributed by atoms with Gasteiger partial charge in [0.1, 0.15) is 6.33 Å². The monoisotopic (exact) mass is 394 g/mol. The summed E-state index contributed by atoms with van der Waals surface area (Å²) in [5.41, 5.74) is 2.26. The van der Waals surface area contributed by atoms with Gasteiger partial charge in [0, 0.05) is 24.1 Å². The van der Waals surface area contributed by atoms with E-state index in [0.717, 1.165) is 11.3 Å². The van der Waals surface area contributed by atoms with E-state index in [-0.39, 0.29) is 12.3 Å². The summed E-state index contributed by atoms with van der Waals surface area (Å²) in [7, 11) is 0. The van der Waals surface area contributed by atoms with Gasteiger partial charge in [0.25, 0.3) is 0 Å². The normalized spacial score (nSPS) is 10.8. The number of nitrogens with zero attached hydrogens (tertiary/aromatic N) is 5. The van der Waals surface area contributed by atoms with Crippen molar-refractivity contribution in [2.24, 2.45) is 0 Å². The third-order valence-corrected chi connectivity index (χ3v) is 4.35. The van der Waals surface area contributed by atoms with Gasteiger partial charge in [-0.3, -0.25) is 4.79 Å². The number of nitrogens with one attached hydrogen (secondary N) is 1. The number of amides is 1. The van der Waals surface area contributed by atoms with E-state index < -0.39 is 0 Å². The molecule has 0 aliphatic heterocycles. The molecule has 0 aliphatic carbocycles. The van der Waals surface area contributed by atoms with E-state index in [1.165, 1.54) is 11.0 Å². The quantitative estimate of drug-likeness (QED) is 0.537. The van der Waals surface area contributed by atoms with Gasteiger partial charge in [-0.25, -0.2) is 9.67 Å². The van der Waals surface area contributed by atoms with Gasteiger partial charge in [0.15, 0.2) is 11.7 Å². The zero-order valence-corrected chi connectivity index (χ0v) is 15.4. The number of benzene rings is 2. The molecule has 0 spiro atoms. The van der Waals surface area contributed by atoms with Crippen molar-refractivity contribution in [2.75, 3.05) is 5.32 Å². The molecule has 0 bridgehead atoms. The summed E-state index contributed by atoms with van der Waals surface area (Å²) in [4.78, 5) is 16.4. The van der Waals surface area contributed by atoms with Gasteiger partial charge in [0.05, 0.1) is 16.9 Å². The number of halogens is 1. The minimum atomic E-state index is -0.132. The van der Waals surface area contributed by atoms with Crippen LogP contribution in [0.1, 0.15) is 12.3 Å². The number of carbonyl (C=O) groups excluding carboxylic acids is 1. The second-order valence-electron chi connectivity index (χ2n) is 5.95. The summed E-state index contributed by atoms with van der Waals surface area (Å²) in [5.74, 6) is 0.936. The number of hydrogen-bond acceptors (Lipinski definition) is 6.